The van der Waals surface area contributed by atoms with Gasteiger partial charge in [-0.25, -0.2) is 0 Å². The molecule has 2 nitrogen and oxygen atoms in total. The molecule has 0 spiro atoms. The van der Waals surface area contributed by atoms with E-state index < -0.39 is 0 Å². The number of hydrogen-bond donors (Lipinski definition) is 2. The summed E-state index contributed by atoms with van der Waals surface area (Å²) >= 11 is 2.10. The molecule has 1 aliphatic heterocycles. The van der Waals surface area contributed by atoms with Crippen molar-refractivity contribution in [2.45, 2.75) is 18.9 Å². The van der Waals surface area contributed by atoms with Crippen LogP contribution in [0.2, 0.25) is 0 Å². The Kier molecular flexibility index (Phi) is 3.39. The Hall–Kier alpha value is -0.930. The number of H-pyrrole nitrogens is 1. The standard InChI is InChI=1S/C14H18N2S/c1-2-4-14-13(3-1)11(9-16-14)5-7-15-12-6-8-17-10-12/h1-4,9,12,15-16H,5-8,10H2/p+1/t12-/m1/s1. The van der Waals surface area contributed by atoms with Crippen LogP contribution in [0.4, 0.5) is 0 Å². The summed E-state index contributed by atoms with van der Waals surface area (Å²) in [5.41, 5.74) is 2.72. The van der Waals surface area contributed by atoms with Crippen molar-refractivity contribution in [2.24, 2.45) is 0 Å². The number of quaternary nitrogens is 1. The Morgan fingerprint density at radius 2 is 2.29 bits per heavy atom. The summed E-state index contributed by atoms with van der Waals surface area (Å²) in [6, 6.07) is 9.44. The fourth-order valence-corrected chi connectivity index (χ4v) is 3.79. The zero-order valence-corrected chi connectivity index (χ0v) is 10.8. The second-order valence-electron chi connectivity index (χ2n) is 4.76. The van der Waals surface area contributed by atoms with E-state index in [1.807, 2.05) is 0 Å². The molecule has 1 fully saturated rings. The van der Waals surface area contributed by atoms with Crippen LogP contribution in [0, 0.1) is 0 Å². The number of rotatable bonds is 4. The molecule has 17 heavy (non-hydrogen) atoms. The first-order chi connectivity index (χ1) is 8.43. The van der Waals surface area contributed by atoms with Crippen LogP contribution in [0.5, 0.6) is 0 Å². The van der Waals surface area contributed by atoms with E-state index in [1.165, 1.54) is 47.4 Å². The quantitative estimate of drug-likeness (QED) is 0.848. The van der Waals surface area contributed by atoms with Gasteiger partial charge in [-0.1, -0.05) is 18.2 Å². The van der Waals surface area contributed by atoms with Crippen LogP contribution in [0.25, 0.3) is 10.9 Å². The second-order valence-corrected chi connectivity index (χ2v) is 5.91. The normalized spacial score (nSPS) is 20.1. The molecule has 3 rings (SSSR count). The lowest BCUT2D eigenvalue weighted by atomic mass is 10.1. The summed E-state index contributed by atoms with van der Waals surface area (Å²) in [5.74, 6) is 2.70. The summed E-state index contributed by atoms with van der Waals surface area (Å²) in [7, 11) is 0. The molecular formula is C14H19N2S+. The summed E-state index contributed by atoms with van der Waals surface area (Å²) < 4.78 is 0. The molecule has 1 aliphatic rings. The van der Waals surface area contributed by atoms with E-state index in [2.05, 4.69) is 52.5 Å². The first kappa shape index (κ1) is 11.2. The molecule has 1 aromatic heterocycles. The number of thioether (sulfide) groups is 1. The number of fused-ring (bicyclic) bond motifs is 1. The third-order valence-corrected chi connectivity index (χ3v) is 4.74. The monoisotopic (exact) mass is 247 g/mol. The Morgan fingerprint density at radius 3 is 3.18 bits per heavy atom. The fraction of sp³-hybridized carbons (Fsp3) is 0.429. The molecule has 3 N–H and O–H groups in total. The van der Waals surface area contributed by atoms with Gasteiger partial charge in [-0.3, -0.25) is 0 Å². The molecule has 1 aromatic carbocycles. The molecule has 2 heterocycles. The average Bonchev–Trinajstić information content (AvgIpc) is 2.99. The minimum Gasteiger partial charge on any atom is -0.361 e. The van der Waals surface area contributed by atoms with E-state index in [1.54, 1.807) is 0 Å². The van der Waals surface area contributed by atoms with E-state index in [-0.39, 0.29) is 0 Å². The van der Waals surface area contributed by atoms with Crippen LogP contribution < -0.4 is 5.32 Å². The van der Waals surface area contributed by atoms with Crippen molar-refractivity contribution < 1.29 is 5.32 Å². The van der Waals surface area contributed by atoms with Gasteiger partial charge in [0.05, 0.1) is 12.6 Å². The highest BCUT2D eigenvalue weighted by molar-refractivity contribution is 7.99. The van der Waals surface area contributed by atoms with Crippen molar-refractivity contribution in [1.82, 2.24) is 4.98 Å². The molecule has 2 aromatic rings. The van der Waals surface area contributed by atoms with Crippen molar-refractivity contribution in [3.8, 4) is 0 Å². The SMILES string of the molecule is c1ccc2c(CC[NH2+][C@@H]3CCSC3)c[nH]c2c1. The molecule has 1 atom stereocenters. The Bertz CT molecular complexity index is 486. The third kappa shape index (κ3) is 2.50. The van der Waals surface area contributed by atoms with E-state index in [0.717, 1.165) is 6.04 Å². The van der Waals surface area contributed by atoms with Crippen molar-refractivity contribution in [3.63, 3.8) is 0 Å². The average molecular weight is 247 g/mol. The first-order valence-electron chi connectivity index (χ1n) is 6.39. The number of nitrogens with two attached hydrogens (primary N) is 1. The maximum absolute atomic E-state index is 3.35. The van der Waals surface area contributed by atoms with Gasteiger partial charge in [0.1, 0.15) is 0 Å². The molecule has 0 aliphatic carbocycles. The van der Waals surface area contributed by atoms with E-state index in [9.17, 15) is 0 Å². The minimum atomic E-state index is 0.866. The summed E-state index contributed by atoms with van der Waals surface area (Å²) in [5, 5.41) is 3.92. The van der Waals surface area contributed by atoms with Crippen LogP contribution in [0.3, 0.4) is 0 Å². The molecule has 0 amide bonds. The van der Waals surface area contributed by atoms with Crippen molar-refractivity contribution in [3.05, 3.63) is 36.0 Å². The predicted molar refractivity (Wildman–Crippen MR) is 74.5 cm³/mol. The topological polar surface area (TPSA) is 32.4 Å². The lowest BCUT2D eigenvalue weighted by molar-refractivity contribution is -0.683. The van der Waals surface area contributed by atoms with Gasteiger partial charge in [-0.05, 0) is 17.4 Å². The molecular weight excluding hydrogens is 228 g/mol. The summed E-state index contributed by atoms with van der Waals surface area (Å²) in [6.07, 6.45) is 4.73. The van der Waals surface area contributed by atoms with Gasteiger partial charge in [-0.2, -0.15) is 11.8 Å². The van der Waals surface area contributed by atoms with E-state index >= 15 is 0 Å². The molecule has 1 saturated heterocycles. The number of aromatic amines is 1. The Labute approximate surface area is 106 Å². The zero-order valence-electron chi connectivity index (χ0n) is 9.99. The number of para-hydroxylation sites is 1. The van der Waals surface area contributed by atoms with Gasteiger partial charge < -0.3 is 10.3 Å². The highest BCUT2D eigenvalue weighted by atomic mass is 32.2. The van der Waals surface area contributed by atoms with Gasteiger partial charge in [-0.15, -0.1) is 0 Å². The molecule has 0 radical (unpaired) electrons. The summed E-state index contributed by atoms with van der Waals surface area (Å²) in [4.78, 5) is 3.35. The second kappa shape index (κ2) is 5.15. The minimum absolute atomic E-state index is 0.866. The van der Waals surface area contributed by atoms with Gasteiger partial charge in [0, 0.05) is 35.7 Å². The maximum atomic E-state index is 3.35. The van der Waals surface area contributed by atoms with Crippen molar-refractivity contribution in [2.75, 3.05) is 18.1 Å². The van der Waals surface area contributed by atoms with Crippen LogP contribution in [-0.4, -0.2) is 29.1 Å². The Morgan fingerprint density at radius 1 is 1.35 bits per heavy atom. The number of nitrogens with one attached hydrogen (secondary N) is 1. The predicted octanol–water partition coefficient (Wildman–Crippen LogP) is 1.78. The van der Waals surface area contributed by atoms with E-state index in [4.69, 9.17) is 0 Å². The molecule has 3 heteroatoms. The van der Waals surface area contributed by atoms with Gasteiger partial charge in [0.2, 0.25) is 0 Å². The fourth-order valence-electron chi connectivity index (χ4n) is 2.55. The Balaban J connectivity index is 1.60. The number of benzene rings is 1. The molecule has 0 saturated carbocycles. The van der Waals surface area contributed by atoms with Crippen molar-refractivity contribution >= 4 is 22.7 Å². The molecule has 90 valence electrons. The lowest BCUT2D eigenvalue weighted by Crippen LogP contribution is -2.90. The third-order valence-electron chi connectivity index (χ3n) is 3.55. The smallest absolute Gasteiger partial charge is 0.0958 e. The van der Waals surface area contributed by atoms with E-state index in [0.29, 0.717) is 0 Å². The van der Waals surface area contributed by atoms with Crippen LogP contribution in [-0.2, 0) is 6.42 Å². The highest BCUT2D eigenvalue weighted by Crippen LogP contribution is 2.17. The zero-order chi connectivity index (χ0) is 11.5. The largest absolute Gasteiger partial charge is 0.361 e. The number of hydrogen-bond acceptors (Lipinski definition) is 1. The highest BCUT2D eigenvalue weighted by Gasteiger charge is 2.17. The lowest BCUT2D eigenvalue weighted by Gasteiger charge is -2.06. The van der Waals surface area contributed by atoms with Gasteiger partial charge in [0.25, 0.3) is 0 Å². The summed E-state index contributed by atoms with van der Waals surface area (Å²) in [6.45, 7) is 1.22. The van der Waals surface area contributed by atoms with Crippen molar-refractivity contribution in [1.29, 1.82) is 0 Å². The van der Waals surface area contributed by atoms with Gasteiger partial charge >= 0.3 is 0 Å². The maximum Gasteiger partial charge on any atom is 0.0958 e. The first-order valence-corrected chi connectivity index (χ1v) is 7.55. The molecule has 0 bridgehead atoms. The van der Waals surface area contributed by atoms with Gasteiger partial charge in [0.15, 0.2) is 0 Å². The van der Waals surface area contributed by atoms with Crippen LogP contribution >= 0.6 is 11.8 Å². The van der Waals surface area contributed by atoms with Crippen LogP contribution in [0.15, 0.2) is 30.5 Å². The van der Waals surface area contributed by atoms with Crippen LogP contribution in [0.1, 0.15) is 12.0 Å². The number of aromatic nitrogens is 1. The molecule has 0 unspecified atom stereocenters.